The van der Waals surface area contributed by atoms with E-state index in [2.05, 4.69) is 41.8 Å². The topological polar surface area (TPSA) is 24.1 Å². The number of rotatable bonds is 5. The molecule has 0 aliphatic heterocycles. The van der Waals surface area contributed by atoms with Gasteiger partial charge in [-0.15, -0.1) is 0 Å². The number of hydrogen-bond acceptors (Lipinski definition) is 1. The normalized spacial score (nSPS) is 11.7. The third kappa shape index (κ3) is 5.02. The van der Waals surface area contributed by atoms with E-state index in [1.165, 1.54) is 5.56 Å². The van der Waals surface area contributed by atoms with E-state index in [1.54, 1.807) is 0 Å². The highest BCUT2D eigenvalue weighted by molar-refractivity contribution is 7.80. The number of anilines is 1. The van der Waals surface area contributed by atoms with Crippen LogP contribution in [0.25, 0.3) is 0 Å². The summed E-state index contributed by atoms with van der Waals surface area (Å²) in [7, 11) is 0. The second kappa shape index (κ2) is 7.65. The van der Waals surface area contributed by atoms with E-state index < -0.39 is 0 Å². The Hall–Kier alpha value is -1.87. The van der Waals surface area contributed by atoms with E-state index in [9.17, 15) is 0 Å². The minimum atomic E-state index is 0.346. The molecule has 1 atom stereocenters. The van der Waals surface area contributed by atoms with Crippen LogP contribution in [0, 0.1) is 0 Å². The number of aryl methyl sites for hydroxylation is 1. The third-order valence-electron chi connectivity index (χ3n) is 3.12. The van der Waals surface area contributed by atoms with Crippen molar-refractivity contribution in [3.8, 4) is 0 Å². The number of thiocarbonyl (C=S) groups is 1. The van der Waals surface area contributed by atoms with Gasteiger partial charge in [0.15, 0.2) is 5.11 Å². The molecule has 0 aromatic heterocycles. The van der Waals surface area contributed by atoms with Crippen LogP contribution in [0.3, 0.4) is 0 Å². The zero-order valence-corrected chi connectivity index (χ0v) is 12.5. The molecule has 104 valence electrons. The molecule has 0 saturated carbocycles. The lowest BCUT2D eigenvalue weighted by Crippen LogP contribution is -2.36. The SMILES string of the molecule is C[C@@H](CCc1ccccc1)NC(=S)Nc1ccccc1. The maximum atomic E-state index is 5.32. The van der Waals surface area contributed by atoms with Crippen molar-refractivity contribution in [2.75, 3.05) is 5.32 Å². The Morgan fingerprint density at radius 3 is 2.25 bits per heavy atom. The van der Waals surface area contributed by atoms with Crippen LogP contribution in [0.15, 0.2) is 60.7 Å². The fraction of sp³-hybridized carbons (Fsp3) is 0.235. The largest absolute Gasteiger partial charge is 0.360 e. The van der Waals surface area contributed by atoms with E-state index in [0.717, 1.165) is 18.5 Å². The van der Waals surface area contributed by atoms with Crippen molar-refractivity contribution in [2.24, 2.45) is 0 Å². The quantitative estimate of drug-likeness (QED) is 0.812. The molecule has 0 heterocycles. The van der Waals surface area contributed by atoms with Crippen LogP contribution in [-0.2, 0) is 6.42 Å². The summed E-state index contributed by atoms with van der Waals surface area (Å²) < 4.78 is 0. The Morgan fingerprint density at radius 2 is 1.60 bits per heavy atom. The molecule has 0 fully saturated rings. The first-order valence-corrected chi connectivity index (χ1v) is 7.31. The van der Waals surface area contributed by atoms with Crippen molar-refractivity contribution < 1.29 is 0 Å². The molecular weight excluding hydrogens is 264 g/mol. The number of benzene rings is 2. The van der Waals surface area contributed by atoms with Gasteiger partial charge in [-0.1, -0.05) is 48.5 Å². The lowest BCUT2D eigenvalue weighted by molar-refractivity contribution is 0.609. The molecule has 0 spiro atoms. The van der Waals surface area contributed by atoms with E-state index in [4.69, 9.17) is 12.2 Å². The zero-order valence-electron chi connectivity index (χ0n) is 11.7. The summed E-state index contributed by atoms with van der Waals surface area (Å²) in [6, 6.07) is 20.8. The molecule has 2 aromatic carbocycles. The Bertz CT molecular complexity index is 525. The van der Waals surface area contributed by atoms with Crippen molar-refractivity contribution in [3.05, 3.63) is 66.2 Å². The average Bonchev–Trinajstić information content (AvgIpc) is 2.47. The zero-order chi connectivity index (χ0) is 14.2. The van der Waals surface area contributed by atoms with Gasteiger partial charge in [0.05, 0.1) is 0 Å². The second-order valence-electron chi connectivity index (χ2n) is 4.89. The molecule has 0 aliphatic carbocycles. The van der Waals surface area contributed by atoms with Gasteiger partial charge in [0.1, 0.15) is 0 Å². The average molecular weight is 284 g/mol. The highest BCUT2D eigenvalue weighted by Gasteiger charge is 2.04. The van der Waals surface area contributed by atoms with Gasteiger partial charge in [-0.25, -0.2) is 0 Å². The monoisotopic (exact) mass is 284 g/mol. The smallest absolute Gasteiger partial charge is 0.170 e. The van der Waals surface area contributed by atoms with Crippen LogP contribution in [0.5, 0.6) is 0 Å². The van der Waals surface area contributed by atoms with Gasteiger partial charge in [-0.3, -0.25) is 0 Å². The fourth-order valence-electron chi connectivity index (χ4n) is 2.01. The standard InChI is InChI=1S/C17H20N2S/c1-14(12-13-15-8-4-2-5-9-15)18-17(20)19-16-10-6-3-7-11-16/h2-11,14H,12-13H2,1H3,(H2,18,19,20)/t14-/m0/s1. The van der Waals surface area contributed by atoms with E-state index in [1.807, 2.05) is 36.4 Å². The van der Waals surface area contributed by atoms with Gasteiger partial charge in [-0.2, -0.15) is 0 Å². The number of nitrogens with one attached hydrogen (secondary N) is 2. The highest BCUT2D eigenvalue weighted by atomic mass is 32.1. The maximum absolute atomic E-state index is 5.32. The molecule has 2 nitrogen and oxygen atoms in total. The fourth-order valence-corrected chi connectivity index (χ4v) is 2.33. The first kappa shape index (κ1) is 14.5. The second-order valence-corrected chi connectivity index (χ2v) is 5.30. The highest BCUT2D eigenvalue weighted by Crippen LogP contribution is 2.07. The van der Waals surface area contributed by atoms with Crippen LogP contribution < -0.4 is 10.6 Å². The van der Waals surface area contributed by atoms with E-state index in [-0.39, 0.29) is 0 Å². The Labute approximate surface area is 126 Å². The number of hydrogen-bond donors (Lipinski definition) is 2. The minimum Gasteiger partial charge on any atom is -0.360 e. The third-order valence-corrected chi connectivity index (χ3v) is 3.34. The van der Waals surface area contributed by atoms with Crippen molar-refractivity contribution in [2.45, 2.75) is 25.8 Å². The number of para-hydroxylation sites is 1. The molecule has 0 aliphatic rings. The molecule has 3 heteroatoms. The van der Waals surface area contributed by atoms with E-state index >= 15 is 0 Å². The predicted molar refractivity (Wildman–Crippen MR) is 90.0 cm³/mol. The summed E-state index contributed by atoms with van der Waals surface area (Å²) >= 11 is 5.32. The Kier molecular flexibility index (Phi) is 5.56. The van der Waals surface area contributed by atoms with Gasteiger partial charge in [0, 0.05) is 11.7 Å². The molecule has 0 unspecified atom stereocenters. The molecule has 0 radical (unpaired) electrons. The summed E-state index contributed by atoms with van der Waals surface area (Å²) in [5.41, 5.74) is 2.38. The van der Waals surface area contributed by atoms with E-state index in [0.29, 0.717) is 11.2 Å². The maximum Gasteiger partial charge on any atom is 0.170 e. The molecule has 2 aromatic rings. The van der Waals surface area contributed by atoms with Crippen molar-refractivity contribution in [3.63, 3.8) is 0 Å². The lowest BCUT2D eigenvalue weighted by Gasteiger charge is -2.17. The van der Waals surface area contributed by atoms with Crippen molar-refractivity contribution in [1.29, 1.82) is 0 Å². The Balaban J connectivity index is 1.74. The molecule has 0 saturated heterocycles. The summed E-state index contributed by atoms with van der Waals surface area (Å²) in [4.78, 5) is 0. The first-order valence-electron chi connectivity index (χ1n) is 6.90. The van der Waals surface area contributed by atoms with Crippen LogP contribution in [0.4, 0.5) is 5.69 Å². The summed E-state index contributed by atoms with van der Waals surface area (Å²) in [6.45, 7) is 2.15. The van der Waals surface area contributed by atoms with Gasteiger partial charge in [0.25, 0.3) is 0 Å². The summed E-state index contributed by atoms with van der Waals surface area (Å²) in [6.07, 6.45) is 2.11. The van der Waals surface area contributed by atoms with Crippen molar-refractivity contribution in [1.82, 2.24) is 5.32 Å². The molecule has 0 amide bonds. The molecule has 2 N–H and O–H groups in total. The van der Waals surface area contributed by atoms with Crippen LogP contribution in [-0.4, -0.2) is 11.2 Å². The molecule has 2 rings (SSSR count). The van der Waals surface area contributed by atoms with Crippen LogP contribution in [0.1, 0.15) is 18.9 Å². The van der Waals surface area contributed by atoms with Crippen molar-refractivity contribution >= 4 is 23.0 Å². The van der Waals surface area contributed by atoms with Crippen LogP contribution in [0.2, 0.25) is 0 Å². The minimum absolute atomic E-state index is 0.346. The summed E-state index contributed by atoms with van der Waals surface area (Å²) in [5, 5.41) is 7.19. The molecule has 0 bridgehead atoms. The van der Waals surface area contributed by atoms with Gasteiger partial charge >= 0.3 is 0 Å². The lowest BCUT2D eigenvalue weighted by atomic mass is 10.1. The first-order chi connectivity index (χ1) is 9.74. The van der Waals surface area contributed by atoms with Crippen LogP contribution >= 0.6 is 12.2 Å². The molecular formula is C17H20N2S. The Morgan fingerprint density at radius 1 is 1.00 bits per heavy atom. The molecule has 20 heavy (non-hydrogen) atoms. The van der Waals surface area contributed by atoms with Gasteiger partial charge < -0.3 is 10.6 Å². The predicted octanol–water partition coefficient (Wildman–Crippen LogP) is 3.99. The van der Waals surface area contributed by atoms with Gasteiger partial charge in [-0.05, 0) is 49.7 Å². The summed E-state index contributed by atoms with van der Waals surface area (Å²) in [5.74, 6) is 0. The van der Waals surface area contributed by atoms with Gasteiger partial charge in [0.2, 0.25) is 0 Å².